The van der Waals surface area contributed by atoms with Crippen LogP contribution in [-0.2, 0) is 0 Å². The van der Waals surface area contributed by atoms with Crippen molar-refractivity contribution in [1.29, 1.82) is 0 Å². The Bertz CT molecular complexity index is 1090. The molecule has 1 aliphatic rings. The summed E-state index contributed by atoms with van der Waals surface area (Å²) >= 11 is 1.26. The SMILES string of the molecule is Cc1cc(Nc2nc(NC3CCCN(C(=O)c4ccccc4)C3)cnc2C(N)=O)sn1. The van der Waals surface area contributed by atoms with Gasteiger partial charge < -0.3 is 21.3 Å². The molecule has 1 fully saturated rings. The van der Waals surface area contributed by atoms with Gasteiger partial charge in [-0.1, -0.05) is 18.2 Å². The van der Waals surface area contributed by atoms with Crippen LogP contribution in [0.15, 0.2) is 42.6 Å². The van der Waals surface area contributed by atoms with Crippen LogP contribution in [0.4, 0.5) is 16.6 Å². The molecule has 2 aromatic heterocycles. The molecule has 1 aromatic carbocycles. The molecule has 1 saturated heterocycles. The van der Waals surface area contributed by atoms with E-state index in [2.05, 4.69) is 25.0 Å². The largest absolute Gasteiger partial charge is 0.364 e. The van der Waals surface area contributed by atoms with Crippen molar-refractivity contribution in [2.45, 2.75) is 25.8 Å². The van der Waals surface area contributed by atoms with E-state index in [0.29, 0.717) is 17.9 Å². The number of hydrogen-bond donors (Lipinski definition) is 3. The van der Waals surface area contributed by atoms with E-state index < -0.39 is 5.91 Å². The van der Waals surface area contributed by atoms with Gasteiger partial charge in [-0.15, -0.1) is 0 Å². The third-order valence-electron chi connectivity index (χ3n) is 4.96. The van der Waals surface area contributed by atoms with Crippen molar-refractivity contribution in [1.82, 2.24) is 19.2 Å². The standard InChI is InChI=1S/C21H23N7O2S/c1-13-10-17(31-27-13)26-20-18(19(22)29)23-11-16(25-20)24-15-8-5-9-28(12-15)21(30)14-6-3-2-4-7-14/h2-4,6-7,10-11,15H,5,8-9,12H2,1H3,(H2,22,29)(H2,24,25,26). The number of anilines is 3. The van der Waals surface area contributed by atoms with E-state index in [1.807, 2.05) is 48.2 Å². The Morgan fingerprint density at radius 3 is 2.77 bits per heavy atom. The summed E-state index contributed by atoms with van der Waals surface area (Å²) in [5, 5.41) is 7.16. The summed E-state index contributed by atoms with van der Waals surface area (Å²) in [6, 6.07) is 11.1. The first-order valence-electron chi connectivity index (χ1n) is 9.97. The van der Waals surface area contributed by atoms with Gasteiger partial charge in [0.05, 0.1) is 11.9 Å². The average Bonchev–Trinajstić information content (AvgIpc) is 3.18. The number of carbonyl (C=O) groups excluding carboxylic acids is 2. The molecule has 1 atom stereocenters. The fourth-order valence-electron chi connectivity index (χ4n) is 3.52. The number of carbonyl (C=O) groups is 2. The van der Waals surface area contributed by atoms with Crippen molar-refractivity contribution < 1.29 is 9.59 Å². The highest BCUT2D eigenvalue weighted by Crippen LogP contribution is 2.24. The Balaban J connectivity index is 1.48. The molecular formula is C21H23N7O2S. The number of nitrogens with one attached hydrogen (secondary N) is 2. The lowest BCUT2D eigenvalue weighted by Crippen LogP contribution is -2.45. The molecule has 1 aliphatic heterocycles. The highest BCUT2D eigenvalue weighted by atomic mass is 32.1. The molecule has 31 heavy (non-hydrogen) atoms. The normalized spacial score (nSPS) is 16.0. The molecule has 0 aliphatic carbocycles. The van der Waals surface area contributed by atoms with Gasteiger partial charge in [0, 0.05) is 24.7 Å². The fraction of sp³-hybridized carbons (Fsp3) is 0.286. The van der Waals surface area contributed by atoms with Crippen LogP contribution >= 0.6 is 11.5 Å². The fourth-order valence-corrected chi connectivity index (χ4v) is 4.18. The zero-order chi connectivity index (χ0) is 21.8. The highest BCUT2D eigenvalue weighted by molar-refractivity contribution is 7.10. The molecule has 4 N–H and O–H groups in total. The molecule has 3 heterocycles. The third kappa shape index (κ3) is 4.97. The van der Waals surface area contributed by atoms with Gasteiger partial charge in [0.25, 0.3) is 11.8 Å². The number of rotatable bonds is 6. The maximum Gasteiger partial charge on any atom is 0.271 e. The minimum Gasteiger partial charge on any atom is -0.364 e. The van der Waals surface area contributed by atoms with E-state index in [1.54, 1.807) is 0 Å². The number of primary amides is 1. The number of nitrogens with zero attached hydrogens (tertiary/aromatic N) is 4. The summed E-state index contributed by atoms with van der Waals surface area (Å²) in [5.74, 6) is 0.132. The number of benzene rings is 1. The van der Waals surface area contributed by atoms with E-state index in [9.17, 15) is 9.59 Å². The maximum absolute atomic E-state index is 12.8. The zero-order valence-electron chi connectivity index (χ0n) is 17.0. The topological polar surface area (TPSA) is 126 Å². The van der Waals surface area contributed by atoms with Gasteiger partial charge in [0.15, 0.2) is 11.5 Å². The molecule has 10 heteroatoms. The van der Waals surface area contributed by atoms with Crippen molar-refractivity contribution in [2.24, 2.45) is 5.73 Å². The van der Waals surface area contributed by atoms with Gasteiger partial charge in [0.1, 0.15) is 10.8 Å². The van der Waals surface area contributed by atoms with Crippen molar-refractivity contribution in [2.75, 3.05) is 23.7 Å². The lowest BCUT2D eigenvalue weighted by molar-refractivity contribution is 0.0714. The van der Waals surface area contributed by atoms with Gasteiger partial charge in [-0.25, -0.2) is 9.97 Å². The maximum atomic E-state index is 12.8. The summed E-state index contributed by atoms with van der Waals surface area (Å²) < 4.78 is 4.21. The highest BCUT2D eigenvalue weighted by Gasteiger charge is 2.25. The first-order valence-corrected chi connectivity index (χ1v) is 10.7. The zero-order valence-corrected chi connectivity index (χ0v) is 17.9. The summed E-state index contributed by atoms with van der Waals surface area (Å²) in [6.07, 6.45) is 3.27. The van der Waals surface area contributed by atoms with Gasteiger partial charge in [-0.2, -0.15) is 4.37 Å². The second-order valence-electron chi connectivity index (χ2n) is 7.37. The number of likely N-dealkylation sites (tertiary alicyclic amines) is 1. The molecule has 1 unspecified atom stereocenters. The molecule has 0 radical (unpaired) electrons. The number of hydrogen-bond acceptors (Lipinski definition) is 8. The van der Waals surface area contributed by atoms with Crippen molar-refractivity contribution in [3.8, 4) is 0 Å². The van der Waals surface area contributed by atoms with Gasteiger partial charge in [-0.05, 0) is 49.5 Å². The number of aromatic nitrogens is 3. The number of piperidine rings is 1. The van der Waals surface area contributed by atoms with Crippen LogP contribution in [0.1, 0.15) is 39.4 Å². The Morgan fingerprint density at radius 2 is 2.06 bits per heavy atom. The van der Waals surface area contributed by atoms with E-state index in [-0.39, 0.29) is 23.5 Å². The van der Waals surface area contributed by atoms with Crippen LogP contribution in [-0.4, -0.2) is 50.2 Å². The number of aryl methyl sites for hydroxylation is 1. The molecule has 0 saturated carbocycles. The number of nitrogens with two attached hydrogens (primary N) is 1. The summed E-state index contributed by atoms with van der Waals surface area (Å²) in [5.41, 5.74) is 7.06. The van der Waals surface area contributed by atoms with E-state index >= 15 is 0 Å². The van der Waals surface area contributed by atoms with Gasteiger partial charge in [0.2, 0.25) is 0 Å². The Kier molecular flexibility index (Phi) is 6.08. The minimum atomic E-state index is -0.667. The van der Waals surface area contributed by atoms with Crippen LogP contribution in [0.25, 0.3) is 0 Å². The summed E-state index contributed by atoms with van der Waals surface area (Å²) in [4.78, 5) is 35.1. The van der Waals surface area contributed by atoms with Crippen molar-refractivity contribution >= 4 is 40.0 Å². The van der Waals surface area contributed by atoms with Crippen molar-refractivity contribution in [3.63, 3.8) is 0 Å². The second kappa shape index (κ2) is 9.09. The Labute approximate surface area is 183 Å². The Hall–Kier alpha value is -3.53. The van der Waals surface area contributed by atoms with E-state index in [0.717, 1.165) is 30.1 Å². The molecule has 4 rings (SSSR count). The summed E-state index contributed by atoms with van der Waals surface area (Å²) in [6.45, 7) is 3.16. The lowest BCUT2D eigenvalue weighted by atomic mass is 10.0. The number of amides is 2. The van der Waals surface area contributed by atoms with E-state index in [4.69, 9.17) is 5.73 Å². The molecule has 0 bridgehead atoms. The van der Waals surface area contributed by atoms with Crippen molar-refractivity contribution in [3.05, 3.63) is 59.5 Å². The van der Waals surface area contributed by atoms with Gasteiger partial charge in [-0.3, -0.25) is 9.59 Å². The molecule has 3 aromatic rings. The van der Waals surface area contributed by atoms with E-state index in [1.165, 1.54) is 17.7 Å². The lowest BCUT2D eigenvalue weighted by Gasteiger charge is -2.33. The predicted molar refractivity (Wildman–Crippen MR) is 120 cm³/mol. The van der Waals surface area contributed by atoms with Gasteiger partial charge >= 0.3 is 0 Å². The van der Waals surface area contributed by atoms with Crippen LogP contribution < -0.4 is 16.4 Å². The molecule has 2 amide bonds. The van der Waals surface area contributed by atoms with Crippen LogP contribution in [0.2, 0.25) is 0 Å². The monoisotopic (exact) mass is 437 g/mol. The van der Waals surface area contributed by atoms with Crippen LogP contribution in [0.3, 0.4) is 0 Å². The predicted octanol–water partition coefficient (Wildman–Crippen LogP) is 2.80. The smallest absolute Gasteiger partial charge is 0.271 e. The van der Waals surface area contributed by atoms with Crippen LogP contribution in [0.5, 0.6) is 0 Å². The molecule has 9 nitrogen and oxygen atoms in total. The first kappa shape index (κ1) is 20.7. The molecular weight excluding hydrogens is 414 g/mol. The molecule has 0 spiro atoms. The van der Waals surface area contributed by atoms with Crippen LogP contribution in [0, 0.1) is 6.92 Å². The first-order chi connectivity index (χ1) is 15.0. The average molecular weight is 438 g/mol. The molecule has 160 valence electrons. The Morgan fingerprint density at radius 1 is 1.26 bits per heavy atom. The summed E-state index contributed by atoms with van der Waals surface area (Å²) in [7, 11) is 0. The minimum absolute atomic E-state index is 0.0187. The third-order valence-corrected chi connectivity index (χ3v) is 5.75. The quantitative estimate of drug-likeness (QED) is 0.541. The second-order valence-corrected chi connectivity index (χ2v) is 8.18.